The molecule has 6 nitrogen and oxygen atoms in total. The summed E-state index contributed by atoms with van der Waals surface area (Å²) < 4.78 is 6.98. The molecule has 0 aliphatic rings. The van der Waals surface area contributed by atoms with Crippen molar-refractivity contribution in [2.75, 3.05) is 19.8 Å². The fraction of sp³-hybridized carbons (Fsp3) is 0.316. The van der Waals surface area contributed by atoms with Crippen LogP contribution in [-0.4, -0.2) is 35.4 Å². The molecule has 1 amide bonds. The third-order valence-corrected chi connectivity index (χ3v) is 3.47. The average molecular weight is 338 g/mol. The summed E-state index contributed by atoms with van der Waals surface area (Å²) in [7, 11) is 0. The summed E-state index contributed by atoms with van der Waals surface area (Å²) in [6.45, 7) is 4.29. The Morgan fingerprint density at radius 1 is 1.40 bits per heavy atom. The Morgan fingerprint density at radius 2 is 2.20 bits per heavy atom. The second-order valence-electron chi connectivity index (χ2n) is 5.43. The Balaban J connectivity index is 1.93. The summed E-state index contributed by atoms with van der Waals surface area (Å²) in [6, 6.07) is 11.9. The van der Waals surface area contributed by atoms with Gasteiger partial charge in [0.2, 0.25) is 0 Å². The van der Waals surface area contributed by atoms with Crippen molar-refractivity contribution in [1.82, 2.24) is 15.1 Å². The number of nitrogens with one attached hydrogen (secondary N) is 1. The first-order chi connectivity index (χ1) is 12.2. The van der Waals surface area contributed by atoms with E-state index in [1.165, 1.54) is 0 Å². The molecule has 0 aliphatic heterocycles. The van der Waals surface area contributed by atoms with Crippen LogP contribution in [0.3, 0.4) is 0 Å². The Kier molecular flexibility index (Phi) is 7.41. The van der Waals surface area contributed by atoms with E-state index in [0.717, 1.165) is 11.1 Å². The second kappa shape index (κ2) is 10.1. The summed E-state index contributed by atoms with van der Waals surface area (Å²) >= 11 is 0. The number of nitrogens with zero attached hydrogens (tertiary/aromatic N) is 3. The van der Waals surface area contributed by atoms with E-state index in [1.807, 2.05) is 49.5 Å². The largest absolute Gasteiger partial charge is 0.382 e. The molecule has 1 aromatic carbocycles. The molecule has 0 aliphatic carbocycles. The monoisotopic (exact) mass is 338 g/mol. The number of carbonyl (C=O) groups excluding carboxylic acids is 1. The molecule has 0 saturated heterocycles. The normalized spacial score (nSPS) is 11.1. The number of aromatic nitrogens is 2. The SMILES string of the molecule is CCOCCCNC(=O)/C(C#N)=C/c1cnn(Cc2ccccc2)c1. The molecule has 1 aromatic heterocycles. The van der Waals surface area contributed by atoms with Gasteiger partial charge in [-0.2, -0.15) is 10.4 Å². The lowest BCUT2D eigenvalue weighted by Crippen LogP contribution is -2.26. The van der Waals surface area contributed by atoms with Crippen molar-refractivity contribution >= 4 is 12.0 Å². The van der Waals surface area contributed by atoms with Crippen molar-refractivity contribution in [2.45, 2.75) is 19.9 Å². The number of carbonyl (C=O) groups is 1. The molecule has 0 atom stereocenters. The van der Waals surface area contributed by atoms with Crippen LogP contribution < -0.4 is 5.32 Å². The smallest absolute Gasteiger partial charge is 0.261 e. The molecular formula is C19H22N4O2. The zero-order valence-corrected chi connectivity index (χ0v) is 14.3. The Hall–Kier alpha value is -2.91. The maximum absolute atomic E-state index is 12.0. The van der Waals surface area contributed by atoms with Gasteiger partial charge in [-0.15, -0.1) is 0 Å². The van der Waals surface area contributed by atoms with E-state index in [2.05, 4.69) is 10.4 Å². The number of rotatable bonds is 9. The van der Waals surface area contributed by atoms with E-state index in [4.69, 9.17) is 4.74 Å². The summed E-state index contributed by atoms with van der Waals surface area (Å²) in [4.78, 5) is 12.0. The second-order valence-corrected chi connectivity index (χ2v) is 5.43. The minimum Gasteiger partial charge on any atom is -0.382 e. The van der Waals surface area contributed by atoms with Crippen LogP contribution in [0.5, 0.6) is 0 Å². The van der Waals surface area contributed by atoms with Crippen LogP contribution in [0.25, 0.3) is 6.08 Å². The molecule has 0 radical (unpaired) electrons. The Bertz CT molecular complexity index is 744. The van der Waals surface area contributed by atoms with Gasteiger partial charge < -0.3 is 10.1 Å². The lowest BCUT2D eigenvalue weighted by atomic mass is 10.2. The van der Waals surface area contributed by atoms with Gasteiger partial charge in [0.05, 0.1) is 12.7 Å². The first-order valence-electron chi connectivity index (χ1n) is 8.27. The van der Waals surface area contributed by atoms with E-state index in [-0.39, 0.29) is 11.5 Å². The van der Waals surface area contributed by atoms with Gasteiger partial charge in [0.1, 0.15) is 11.6 Å². The molecule has 0 unspecified atom stereocenters. The number of hydrogen-bond acceptors (Lipinski definition) is 4. The standard InChI is InChI=1S/C19H22N4O2/c1-2-25-10-6-9-21-19(24)18(12-20)11-17-13-22-23(15-17)14-16-7-4-3-5-8-16/h3-5,7-8,11,13,15H,2,6,9-10,14H2,1H3,(H,21,24)/b18-11+. The quantitative estimate of drug-likeness (QED) is 0.432. The molecule has 0 fully saturated rings. The summed E-state index contributed by atoms with van der Waals surface area (Å²) in [5.74, 6) is -0.380. The molecule has 25 heavy (non-hydrogen) atoms. The van der Waals surface area contributed by atoms with Crippen LogP contribution in [0.15, 0.2) is 48.3 Å². The third-order valence-electron chi connectivity index (χ3n) is 3.47. The van der Waals surface area contributed by atoms with Crippen molar-refractivity contribution in [1.29, 1.82) is 5.26 Å². The van der Waals surface area contributed by atoms with Gasteiger partial charge in [0.25, 0.3) is 5.91 Å². The lowest BCUT2D eigenvalue weighted by molar-refractivity contribution is -0.117. The molecule has 2 aromatic rings. The first-order valence-corrected chi connectivity index (χ1v) is 8.27. The number of amides is 1. The molecule has 2 rings (SSSR count). The maximum atomic E-state index is 12.0. The Labute approximate surface area is 147 Å². The van der Waals surface area contributed by atoms with E-state index < -0.39 is 0 Å². The minimum atomic E-state index is -0.380. The van der Waals surface area contributed by atoms with Gasteiger partial charge in [0.15, 0.2) is 0 Å². The number of nitriles is 1. The molecule has 0 bridgehead atoms. The summed E-state index contributed by atoms with van der Waals surface area (Å²) in [6.07, 6.45) is 5.72. The number of hydrogen-bond donors (Lipinski definition) is 1. The lowest BCUT2D eigenvalue weighted by Gasteiger charge is -2.04. The molecule has 1 heterocycles. The highest BCUT2D eigenvalue weighted by molar-refractivity contribution is 6.01. The fourth-order valence-corrected chi connectivity index (χ4v) is 2.24. The van der Waals surface area contributed by atoms with Gasteiger partial charge in [-0.25, -0.2) is 0 Å². The van der Waals surface area contributed by atoms with Gasteiger partial charge in [-0.3, -0.25) is 9.48 Å². The third kappa shape index (κ3) is 6.24. The summed E-state index contributed by atoms with van der Waals surface area (Å²) in [5.41, 5.74) is 1.92. The van der Waals surface area contributed by atoms with Crippen molar-refractivity contribution in [3.63, 3.8) is 0 Å². The molecular weight excluding hydrogens is 316 g/mol. The topological polar surface area (TPSA) is 79.9 Å². The van der Waals surface area contributed by atoms with E-state index in [0.29, 0.717) is 32.7 Å². The molecule has 1 N–H and O–H groups in total. The molecule has 0 saturated carbocycles. The van der Waals surface area contributed by atoms with Crippen LogP contribution in [0.4, 0.5) is 0 Å². The minimum absolute atomic E-state index is 0.0654. The fourth-order valence-electron chi connectivity index (χ4n) is 2.24. The predicted octanol–water partition coefficient (Wildman–Crippen LogP) is 2.38. The molecule has 130 valence electrons. The van der Waals surface area contributed by atoms with Crippen molar-refractivity contribution < 1.29 is 9.53 Å². The van der Waals surface area contributed by atoms with Crippen LogP contribution >= 0.6 is 0 Å². The zero-order valence-electron chi connectivity index (χ0n) is 14.3. The highest BCUT2D eigenvalue weighted by Gasteiger charge is 2.09. The van der Waals surface area contributed by atoms with E-state index in [9.17, 15) is 10.1 Å². The van der Waals surface area contributed by atoms with Gasteiger partial charge >= 0.3 is 0 Å². The first kappa shape index (κ1) is 18.4. The Morgan fingerprint density at radius 3 is 2.92 bits per heavy atom. The van der Waals surface area contributed by atoms with Crippen LogP contribution in [-0.2, 0) is 16.1 Å². The van der Waals surface area contributed by atoms with Gasteiger partial charge in [-0.05, 0) is 25.0 Å². The van der Waals surface area contributed by atoms with Gasteiger partial charge in [-0.1, -0.05) is 30.3 Å². The number of benzene rings is 1. The van der Waals surface area contributed by atoms with E-state index in [1.54, 1.807) is 17.0 Å². The molecule has 0 spiro atoms. The maximum Gasteiger partial charge on any atom is 0.261 e. The summed E-state index contributed by atoms with van der Waals surface area (Å²) in [5, 5.41) is 16.2. The zero-order chi connectivity index (χ0) is 17.9. The molecule has 6 heteroatoms. The predicted molar refractivity (Wildman–Crippen MR) is 95.5 cm³/mol. The van der Waals surface area contributed by atoms with Crippen molar-refractivity contribution in [2.24, 2.45) is 0 Å². The average Bonchev–Trinajstić information content (AvgIpc) is 3.07. The van der Waals surface area contributed by atoms with Gasteiger partial charge in [0, 0.05) is 31.5 Å². The van der Waals surface area contributed by atoms with Crippen LogP contribution in [0.1, 0.15) is 24.5 Å². The number of ether oxygens (including phenoxy) is 1. The highest BCUT2D eigenvalue weighted by atomic mass is 16.5. The van der Waals surface area contributed by atoms with Crippen LogP contribution in [0, 0.1) is 11.3 Å². The van der Waals surface area contributed by atoms with E-state index >= 15 is 0 Å². The van der Waals surface area contributed by atoms with Crippen LogP contribution in [0.2, 0.25) is 0 Å². The van der Waals surface area contributed by atoms with Crippen molar-refractivity contribution in [3.05, 3.63) is 59.4 Å². The van der Waals surface area contributed by atoms with Crippen molar-refractivity contribution in [3.8, 4) is 6.07 Å². The highest BCUT2D eigenvalue weighted by Crippen LogP contribution is 2.08.